The van der Waals surface area contributed by atoms with Gasteiger partial charge in [-0.1, -0.05) is 0 Å². The number of hydrogen-bond acceptors (Lipinski definition) is 3. The first-order chi connectivity index (χ1) is 5.20. The van der Waals surface area contributed by atoms with Crippen molar-refractivity contribution in [3.8, 4) is 0 Å². The number of nitrogens with zero attached hydrogens (tertiary/aromatic N) is 1. The van der Waals surface area contributed by atoms with Crippen LogP contribution in [0.25, 0.3) is 0 Å². The van der Waals surface area contributed by atoms with E-state index in [4.69, 9.17) is 5.73 Å². The van der Waals surface area contributed by atoms with Gasteiger partial charge in [0.2, 0.25) is 5.91 Å². The SMILES string of the molecule is NC(=O)C1=CSC2CC(=O)N12. The Balaban J connectivity index is 2.24. The molecular formula is C6H6N2O2S. The zero-order chi connectivity index (χ0) is 8.01. The van der Waals surface area contributed by atoms with Gasteiger partial charge in [-0.25, -0.2) is 0 Å². The molecule has 1 unspecified atom stereocenters. The molecule has 0 aliphatic carbocycles. The average Bonchev–Trinajstić information content (AvgIpc) is 2.25. The molecule has 1 fully saturated rings. The quantitative estimate of drug-likeness (QED) is 0.545. The molecule has 0 bridgehead atoms. The number of hydrogen-bond donors (Lipinski definition) is 1. The lowest BCUT2D eigenvalue weighted by molar-refractivity contribution is -0.140. The largest absolute Gasteiger partial charge is 0.364 e. The minimum atomic E-state index is -0.520. The monoisotopic (exact) mass is 170 g/mol. The van der Waals surface area contributed by atoms with Gasteiger partial charge in [-0.15, -0.1) is 11.8 Å². The highest BCUT2D eigenvalue weighted by Crippen LogP contribution is 2.40. The smallest absolute Gasteiger partial charge is 0.265 e. The minimum Gasteiger partial charge on any atom is -0.364 e. The molecule has 2 N–H and O–H groups in total. The van der Waals surface area contributed by atoms with E-state index in [0.29, 0.717) is 12.1 Å². The van der Waals surface area contributed by atoms with E-state index >= 15 is 0 Å². The molecule has 0 aromatic heterocycles. The van der Waals surface area contributed by atoms with Gasteiger partial charge in [0.05, 0.1) is 11.8 Å². The van der Waals surface area contributed by atoms with Crippen LogP contribution in [0.3, 0.4) is 0 Å². The molecule has 2 rings (SSSR count). The summed E-state index contributed by atoms with van der Waals surface area (Å²) in [5.41, 5.74) is 5.38. The molecule has 1 atom stereocenters. The van der Waals surface area contributed by atoms with E-state index in [1.807, 2.05) is 0 Å². The lowest BCUT2D eigenvalue weighted by atomic mass is 10.2. The fourth-order valence-corrected chi connectivity index (χ4v) is 2.27. The molecule has 5 heteroatoms. The van der Waals surface area contributed by atoms with Crippen LogP contribution in [0.5, 0.6) is 0 Å². The Morgan fingerprint density at radius 2 is 2.55 bits per heavy atom. The molecule has 11 heavy (non-hydrogen) atoms. The Bertz CT molecular complexity index is 274. The van der Waals surface area contributed by atoms with Crippen LogP contribution in [0.2, 0.25) is 0 Å². The van der Waals surface area contributed by atoms with E-state index < -0.39 is 5.91 Å². The predicted molar refractivity (Wildman–Crippen MR) is 40.1 cm³/mol. The van der Waals surface area contributed by atoms with Crippen molar-refractivity contribution in [2.24, 2.45) is 5.73 Å². The van der Waals surface area contributed by atoms with Crippen molar-refractivity contribution in [1.29, 1.82) is 0 Å². The average molecular weight is 170 g/mol. The Morgan fingerprint density at radius 1 is 1.82 bits per heavy atom. The second-order valence-electron chi connectivity index (χ2n) is 2.43. The van der Waals surface area contributed by atoms with E-state index in [0.717, 1.165) is 0 Å². The number of thioether (sulfide) groups is 1. The number of fused-ring (bicyclic) bond motifs is 1. The second kappa shape index (κ2) is 2.01. The van der Waals surface area contributed by atoms with Crippen molar-refractivity contribution in [1.82, 2.24) is 4.90 Å². The van der Waals surface area contributed by atoms with Crippen LogP contribution in [-0.4, -0.2) is 22.1 Å². The van der Waals surface area contributed by atoms with Crippen LogP contribution in [0.4, 0.5) is 0 Å². The summed E-state index contributed by atoms with van der Waals surface area (Å²) in [5.74, 6) is -0.530. The van der Waals surface area contributed by atoms with Gasteiger partial charge in [0.15, 0.2) is 0 Å². The van der Waals surface area contributed by atoms with Crippen molar-refractivity contribution < 1.29 is 9.59 Å². The van der Waals surface area contributed by atoms with Crippen molar-refractivity contribution >= 4 is 23.6 Å². The van der Waals surface area contributed by atoms with Crippen LogP contribution in [0, 0.1) is 0 Å². The molecule has 0 aromatic carbocycles. The summed E-state index contributed by atoms with van der Waals surface area (Å²) in [6.07, 6.45) is 0.526. The van der Waals surface area contributed by atoms with Gasteiger partial charge in [0, 0.05) is 5.41 Å². The molecule has 2 heterocycles. The molecule has 4 nitrogen and oxygen atoms in total. The Hall–Kier alpha value is -0.970. The van der Waals surface area contributed by atoms with Crippen molar-refractivity contribution in [2.45, 2.75) is 11.8 Å². The number of β-lactam (4-membered cyclic amide) rings is 1. The standard InChI is InChI=1S/C6H6N2O2S/c7-6(10)3-2-11-5-1-4(9)8(3)5/h2,5H,1H2,(H2,7,10). The van der Waals surface area contributed by atoms with Crippen LogP contribution < -0.4 is 5.73 Å². The highest BCUT2D eigenvalue weighted by molar-refractivity contribution is 8.03. The molecule has 2 aliphatic rings. The first-order valence-corrected chi connectivity index (χ1v) is 4.12. The summed E-state index contributed by atoms with van der Waals surface area (Å²) in [6, 6.07) is 0. The highest BCUT2D eigenvalue weighted by atomic mass is 32.2. The summed E-state index contributed by atoms with van der Waals surface area (Å²) in [6.45, 7) is 0. The summed E-state index contributed by atoms with van der Waals surface area (Å²) in [7, 11) is 0. The van der Waals surface area contributed by atoms with Crippen molar-refractivity contribution in [2.75, 3.05) is 0 Å². The highest BCUT2D eigenvalue weighted by Gasteiger charge is 2.43. The second-order valence-corrected chi connectivity index (χ2v) is 3.48. The van der Waals surface area contributed by atoms with Gasteiger partial charge < -0.3 is 5.73 Å². The van der Waals surface area contributed by atoms with Gasteiger partial charge >= 0.3 is 0 Å². The predicted octanol–water partition coefficient (Wildman–Crippen LogP) is -0.382. The van der Waals surface area contributed by atoms with E-state index in [1.165, 1.54) is 16.7 Å². The fraction of sp³-hybridized carbons (Fsp3) is 0.333. The third-order valence-corrected chi connectivity index (χ3v) is 2.81. The number of rotatable bonds is 1. The normalized spacial score (nSPS) is 27.6. The van der Waals surface area contributed by atoms with Crippen LogP contribution in [-0.2, 0) is 9.59 Å². The Kier molecular flexibility index (Phi) is 1.23. The van der Waals surface area contributed by atoms with Gasteiger partial charge in [0.1, 0.15) is 5.70 Å². The molecule has 0 radical (unpaired) electrons. The number of carbonyl (C=O) groups is 2. The molecule has 0 saturated carbocycles. The number of amides is 2. The first-order valence-electron chi connectivity index (χ1n) is 3.17. The van der Waals surface area contributed by atoms with Crippen LogP contribution in [0.1, 0.15) is 6.42 Å². The lowest BCUT2D eigenvalue weighted by Gasteiger charge is -2.34. The molecule has 0 aromatic rings. The summed E-state index contributed by atoms with van der Waals surface area (Å²) >= 11 is 1.47. The van der Waals surface area contributed by atoms with Gasteiger partial charge in [-0.3, -0.25) is 14.5 Å². The molecule has 1 saturated heterocycles. The summed E-state index contributed by atoms with van der Waals surface area (Å²) < 4.78 is 0. The van der Waals surface area contributed by atoms with E-state index in [9.17, 15) is 9.59 Å². The van der Waals surface area contributed by atoms with E-state index in [1.54, 1.807) is 5.41 Å². The lowest BCUT2D eigenvalue weighted by Crippen LogP contribution is -2.49. The molecule has 2 amide bonds. The summed E-state index contributed by atoms with van der Waals surface area (Å²) in [5, 5.41) is 1.79. The van der Waals surface area contributed by atoms with Crippen LogP contribution >= 0.6 is 11.8 Å². The van der Waals surface area contributed by atoms with E-state index in [2.05, 4.69) is 0 Å². The maximum atomic E-state index is 10.9. The number of nitrogens with two attached hydrogens (primary N) is 1. The maximum absolute atomic E-state index is 10.9. The molecule has 58 valence electrons. The zero-order valence-corrected chi connectivity index (χ0v) is 6.43. The minimum absolute atomic E-state index is 0.00921. The van der Waals surface area contributed by atoms with Crippen molar-refractivity contribution in [3.63, 3.8) is 0 Å². The first kappa shape index (κ1) is 6.72. The van der Waals surface area contributed by atoms with Gasteiger partial charge in [0.25, 0.3) is 5.91 Å². The Morgan fingerprint density at radius 3 is 3.00 bits per heavy atom. The van der Waals surface area contributed by atoms with Gasteiger partial charge in [-0.2, -0.15) is 0 Å². The Labute approximate surface area is 67.4 Å². The van der Waals surface area contributed by atoms with Gasteiger partial charge in [-0.05, 0) is 0 Å². The third-order valence-electron chi connectivity index (χ3n) is 1.75. The fourth-order valence-electron chi connectivity index (χ4n) is 1.16. The topological polar surface area (TPSA) is 63.4 Å². The molecular weight excluding hydrogens is 164 g/mol. The zero-order valence-electron chi connectivity index (χ0n) is 5.61. The maximum Gasteiger partial charge on any atom is 0.265 e. The molecule has 2 aliphatic heterocycles. The number of primary amides is 1. The van der Waals surface area contributed by atoms with Crippen LogP contribution in [0.15, 0.2) is 11.1 Å². The molecule has 0 spiro atoms. The third kappa shape index (κ3) is 0.773. The number of carbonyl (C=O) groups excluding carboxylic acids is 2. The van der Waals surface area contributed by atoms with E-state index in [-0.39, 0.29) is 11.3 Å². The summed E-state index contributed by atoms with van der Waals surface area (Å²) in [4.78, 5) is 23.0. The van der Waals surface area contributed by atoms with Crippen molar-refractivity contribution in [3.05, 3.63) is 11.1 Å².